The van der Waals surface area contributed by atoms with Gasteiger partial charge in [0.05, 0.1) is 12.2 Å². The number of hydrogen-bond acceptors (Lipinski definition) is 3. The van der Waals surface area contributed by atoms with Crippen LogP contribution in [0.1, 0.15) is 23.2 Å². The number of likely N-dealkylation sites (tertiary alicyclic amines) is 1. The van der Waals surface area contributed by atoms with Gasteiger partial charge in [0.1, 0.15) is 11.6 Å². The first-order chi connectivity index (χ1) is 10.5. The summed E-state index contributed by atoms with van der Waals surface area (Å²) in [5.74, 6) is -2.46. The Balaban J connectivity index is 1.93. The van der Waals surface area contributed by atoms with Gasteiger partial charge in [0, 0.05) is 31.6 Å². The second-order valence-corrected chi connectivity index (χ2v) is 5.21. The van der Waals surface area contributed by atoms with Crippen LogP contribution in [0.25, 0.3) is 0 Å². The molecule has 0 unspecified atom stereocenters. The number of hydrogen-bond donors (Lipinski definition) is 2. The first kappa shape index (κ1) is 16.4. The Morgan fingerprint density at radius 2 is 1.95 bits per heavy atom. The van der Waals surface area contributed by atoms with Crippen molar-refractivity contribution >= 4 is 11.8 Å². The van der Waals surface area contributed by atoms with E-state index in [2.05, 4.69) is 5.32 Å². The first-order valence-electron chi connectivity index (χ1n) is 7.16. The summed E-state index contributed by atoms with van der Waals surface area (Å²) in [6.45, 7) is 0.769. The molecule has 0 aromatic heterocycles. The van der Waals surface area contributed by atoms with Crippen LogP contribution in [0.2, 0.25) is 0 Å². The average molecular weight is 312 g/mol. The molecular formula is C15H18F2N2O3. The van der Waals surface area contributed by atoms with Gasteiger partial charge < -0.3 is 15.3 Å². The molecular weight excluding hydrogens is 294 g/mol. The van der Waals surface area contributed by atoms with E-state index in [4.69, 9.17) is 5.11 Å². The summed E-state index contributed by atoms with van der Waals surface area (Å²) in [4.78, 5) is 25.4. The van der Waals surface area contributed by atoms with Crippen LogP contribution < -0.4 is 5.32 Å². The molecule has 0 spiro atoms. The minimum absolute atomic E-state index is 0.118. The first-order valence-corrected chi connectivity index (χ1v) is 7.16. The molecule has 1 heterocycles. The van der Waals surface area contributed by atoms with Gasteiger partial charge in [-0.2, -0.15) is 0 Å². The molecule has 1 aliphatic heterocycles. The zero-order valence-corrected chi connectivity index (χ0v) is 12.0. The van der Waals surface area contributed by atoms with Gasteiger partial charge in [-0.1, -0.05) is 0 Å². The van der Waals surface area contributed by atoms with E-state index in [1.54, 1.807) is 0 Å². The highest BCUT2D eigenvalue weighted by atomic mass is 19.1. The fourth-order valence-corrected chi connectivity index (χ4v) is 2.50. The molecule has 5 nitrogen and oxygen atoms in total. The number of carbonyl (C=O) groups excluding carboxylic acids is 2. The highest BCUT2D eigenvalue weighted by molar-refractivity contribution is 5.94. The molecule has 1 aromatic rings. The van der Waals surface area contributed by atoms with Crippen molar-refractivity contribution in [2.24, 2.45) is 5.92 Å². The third-order valence-corrected chi connectivity index (χ3v) is 3.73. The monoisotopic (exact) mass is 312 g/mol. The highest BCUT2D eigenvalue weighted by Gasteiger charge is 2.28. The van der Waals surface area contributed by atoms with Gasteiger partial charge in [0.2, 0.25) is 5.91 Å². The Hall–Kier alpha value is -2.02. The molecule has 1 aromatic carbocycles. The molecule has 0 radical (unpaired) electrons. The Morgan fingerprint density at radius 3 is 2.55 bits per heavy atom. The van der Waals surface area contributed by atoms with Crippen molar-refractivity contribution in [2.75, 3.05) is 26.2 Å². The van der Waals surface area contributed by atoms with Crippen LogP contribution in [-0.4, -0.2) is 48.1 Å². The van der Waals surface area contributed by atoms with Gasteiger partial charge in [-0.25, -0.2) is 8.78 Å². The van der Waals surface area contributed by atoms with Crippen LogP contribution in [0, 0.1) is 17.6 Å². The minimum Gasteiger partial charge on any atom is -0.395 e. The quantitative estimate of drug-likeness (QED) is 0.869. The van der Waals surface area contributed by atoms with Gasteiger partial charge in [-0.3, -0.25) is 9.59 Å². The lowest BCUT2D eigenvalue weighted by atomic mass is 9.95. The van der Waals surface area contributed by atoms with Crippen LogP contribution in [-0.2, 0) is 4.79 Å². The number of nitrogens with one attached hydrogen (secondary N) is 1. The summed E-state index contributed by atoms with van der Waals surface area (Å²) < 4.78 is 26.5. The molecule has 2 rings (SSSR count). The van der Waals surface area contributed by atoms with Crippen LogP contribution in [0.5, 0.6) is 0 Å². The smallest absolute Gasteiger partial charge is 0.256 e. The number of rotatable bonds is 4. The number of nitrogens with zero attached hydrogens (tertiary/aromatic N) is 1. The van der Waals surface area contributed by atoms with Crippen molar-refractivity contribution in [3.8, 4) is 0 Å². The summed E-state index contributed by atoms with van der Waals surface area (Å²) in [7, 11) is 0. The van der Waals surface area contributed by atoms with E-state index in [-0.39, 0.29) is 30.5 Å². The molecule has 2 N–H and O–H groups in total. The Labute approximate surface area is 126 Å². The van der Waals surface area contributed by atoms with Crippen molar-refractivity contribution in [2.45, 2.75) is 12.8 Å². The maximum Gasteiger partial charge on any atom is 0.256 e. The van der Waals surface area contributed by atoms with Gasteiger partial charge >= 0.3 is 0 Å². The van der Waals surface area contributed by atoms with E-state index in [0.717, 1.165) is 12.1 Å². The molecule has 7 heteroatoms. The molecule has 0 bridgehead atoms. The zero-order chi connectivity index (χ0) is 16.1. The number of benzene rings is 1. The number of piperidine rings is 1. The minimum atomic E-state index is -0.882. The van der Waals surface area contributed by atoms with Crippen molar-refractivity contribution in [3.05, 3.63) is 35.4 Å². The lowest BCUT2D eigenvalue weighted by Gasteiger charge is -2.31. The second kappa shape index (κ2) is 7.31. The van der Waals surface area contributed by atoms with Crippen molar-refractivity contribution in [1.82, 2.24) is 10.2 Å². The lowest BCUT2D eigenvalue weighted by molar-refractivity contribution is -0.126. The third-order valence-electron chi connectivity index (χ3n) is 3.73. The van der Waals surface area contributed by atoms with Crippen LogP contribution >= 0.6 is 0 Å². The summed E-state index contributed by atoms with van der Waals surface area (Å²) >= 11 is 0. The summed E-state index contributed by atoms with van der Waals surface area (Å²) in [6, 6.07) is 2.86. The predicted octanol–water partition coefficient (Wildman–Crippen LogP) is 0.926. The number of aliphatic hydroxyl groups is 1. The van der Waals surface area contributed by atoms with Crippen molar-refractivity contribution < 1.29 is 23.5 Å². The normalized spacial score (nSPS) is 15.7. The number of amides is 2. The van der Waals surface area contributed by atoms with E-state index >= 15 is 0 Å². The fourth-order valence-electron chi connectivity index (χ4n) is 2.50. The Bertz CT molecular complexity index is 558. The number of halogens is 2. The van der Waals surface area contributed by atoms with E-state index in [1.165, 1.54) is 4.90 Å². The Morgan fingerprint density at radius 1 is 1.27 bits per heavy atom. The van der Waals surface area contributed by atoms with E-state index < -0.39 is 17.5 Å². The largest absolute Gasteiger partial charge is 0.395 e. The lowest BCUT2D eigenvalue weighted by Crippen LogP contribution is -2.43. The Kier molecular flexibility index (Phi) is 5.43. The molecule has 0 saturated carbocycles. The topological polar surface area (TPSA) is 69.6 Å². The van der Waals surface area contributed by atoms with Gasteiger partial charge in [0.15, 0.2) is 0 Å². The van der Waals surface area contributed by atoms with Crippen molar-refractivity contribution in [1.29, 1.82) is 0 Å². The SMILES string of the molecule is O=C(NCCO)C1CCN(C(=O)c2ccc(F)cc2F)CC1. The maximum absolute atomic E-state index is 13.6. The van der Waals surface area contributed by atoms with Crippen LogP contribution in [0.3, 0.4) is 0 Å². The van der Waals surface area contributed by atoms with E-state index in [1.807, 2.05) is 0 Å². The van der Waals surface area contributed by atoms with E-state index in [9.17, 15) is 18.4 Å². The number of carbonyl (C=O) groups is 2. The van der Waals surface area contributed by atoms with Crippen LogP contribution in [0.15, 0.2) is 18.2 Å². The number of aliphatic hydroxyl groups excluding tert-OH is 1. The molecule has 1 fully saturated rings. The molecule has 1 aliphatic rings. The van der Waals surface area contributed by atoms with Gasteiger partial charge in [-0.05, 0) is 25.0 Å². The predicted molar refractivity (Wildman–Crippen MR) is 75.1 cm³/mol. The highest BCUT2D eigenvalue weighted by Crippen LogP contribution is 2.20. The molecule has 120 valence electrons. The maximum atomic E-state index is 13.6. The van der Waals surface area contributed by atoms with Crippen LogP contribution in [0.4, 0.5) is 8.78 Å². The van der Waals surface area contributed by atoms with Crippen molar-refractivity contribution in [3.63, 3.8) is 0 Å². The molecule has 22 heavy (non-hydrogen) atoms. The van der Waals surface area contributed by atoms with Gasteiger partial charge in [-0.15, -0.1) is 0 Å². The molecule has 0 atom stereocenters. The third kappa shape index (κ3) is 3.79. The zero-order valence-electron chi connectivity index (χ0n) is 12.0. The van der Waals surface area contributed by atoms with E-state index in [0.29, 0.717) is 32.0 Å². The average Bonchev–Trinajstić information content (AvgIpc) is 2.52. The van der Waals surface area contributed by atoms with Gasteiger partial charge in [0.25, 0.3) is 5.91 Å². The summed E-state index contributed by atoms with van der Waals surface area (Å²) in [5, 5.41) is 11.3. The molecule has 0 aliphatic carbocycles. The summed E-state index contributed by atoms with van der Waals surface area (Å²) in [5.41, 5.74) is -0.162. The molecule has 2 amide bonds. The standard InChI is InChI=1S/C15H18F2N2O3/c16-11-1-2-12(13(17)9-11)15(22)19-6-3-10(4-7-19)14(21)18-5-8-20/h1-2,9-10,20H,3-8H2,(H,18,21). The fraction of sp³-hybridized carbons (Fsp3) is 0.467. The second-order valence-electron chi connectivity index (χ2n) is 5.21. The summed E-state index contributed by atoms with van der Waals surface area (Å²) in [6.07, 6.45) is 0.956. The molecule has 1 saturated heterocycles.